The van der Waals surface area contributed by atoms with Crippen LogP contribution >= 0.6 is 15.9 Å². The van der Waals surface area contributed by atoms with E-state index in [9.17, 15) is 9.59 Å². The standard InChI is InChI=1S/C13H15BrN2O3/c1-2-3-16(4-5-17)11-7-10-8(6-9(11)14)12(18)13(19)15-10/h6-7,17H,2-5H2,1H3,(H,15,18,19). The number of nitrogens with zero attached hydrogens (tertiary/aromatic N) is 1. The third-order valence-electron chi connectivity index (χ3n) is 2.99. The van der Waals surface area contributed by atoms with E-state index in [1.54, 1.807) is 12.1 Å². The lowest BCUT2D eigenvalue weighted by atomic mass is 10.1. The van der Waals surface area contributed by atoms with E-state index in [4.69, 9.17) is 5.11 Å². The zero-order valence-electron chi connectivity index (χ0n) is 10.6. The fourth-order valence-corrected chi connectivity index (χ4v) is 2.73. The smallest absolute Gasteiger partial charge is 0.296 e. The van der Waals surface area contributed by atoms with Crippen LogP contribution in [0.3, 0.4) is 0 Å². The van der Waals surface area contributed by atoms with Crippen molar-refractivity contribution in [2.75, 3.05) is 29.9 Å². The Kier molecular flexibility index (Phi) is 4.21. The van der Waals surface area contributed by atoms with Gasteiger partial charge in [-0.25, -0.2) is 0 Å². The number of hydrogen-bond acceptors (Lipinski definition) is 4. The first-order chi connectivity index (χ1) is 9.08. The van der Waals surface area contributed by atoms with E-state index in [1.807, 2.05) is 4.90 Å². The van der Waals surface area contributed by atoms with Crippen molar-refractivity contribution in [1.82, 2.24) is 0 Å². The van der Waals surface area contributed by atoms with Gasteiger partial charge in [0.05, 0.1) is 23.5 Å². The summed E-state index contributed by atoms with van der Waals surface area (Å²) in [5.41, 5.74) is 1.79. The third kappa shape index (κ3) is 2.64. The van der Waals surface area contributed by atoms with Gasteiger partial charge in [-0.1, -0.05) is 6.92 Å². The molecule has 6 heteroatoms. The molecule has 102 valence electrons. The summed E-state index contributed by atoms with van der Waals surface area (Å²) in [5.74, 6) is -1.10. The van der Waals surface area contributed by atoms with Crippen molar-refractivity contribution in [2.45, 2.75) is 13.3 Å². The molecule has 0 fully saturated rings. The molecule has 0 saturated heterocycles. The van der Waals surface area contributed by atoms with Gasteiger partial charge < -0.3 is 15.3 Å². The number of nitrogens with one attached hydrogen (secondary N) is 1. The number of aliphatic hydroxyl groups excluding tert-OH is 1. The Morgan fingerprint density at radius 2 is 2.05 bits per heavy atom. The molecule has 1 heterocycles. The van der Waals surface area contributed by atoms with Gasteiger partial charge in [0.1, 0.15) is 0 Å². The summed E-state index contributed by atoms with van der Waals surface area (Å²) >= 11 is 3.42. The SMILES string of the molecule is CCCN(CCO)c1cc2c(cc1Br)C(=O)C(=O)N2. The highest BCUT2D eigenvalue weighted by molar-refractivity contribution is 9.10. The average molecular weight is 327 g/mol. The van der Waals surface area contributed by atoms with Crippen molar-refractivity contribution >= 4 is 39.0 Å². The molecule has 2 N–H and O–H groups in total. The first kappa shape index (κ1) is 14.0. The van der Waals surface area contributed by atoms with Crippen LogP contribution in [0.1, 0.15) is 23.7 Å². The quantitative estimate of drug-likeness (QED) is 0.809. The minimum atomic E-state index is -0.594. The number of Topliss-reactive ketones (excluding diaryl/α,β-unsaturated/α-hetero) is 1. The number of amides is 1. The largest absolute Gasteiger partial charge is 0.395 e. The van der Waals surface area contributed by atoms with Gasteiger partial charge in [0.25, 0.3) is 11.7 Å². The molecule has 0 aliphatic carbocycles. The Labute approximate surface area is 119 Å². The van der Waals surface area contributed by atoms with Gasteiger partial charge in [0.15, 0.2) is 0 Å². The average Bonchev–Trinajstić information content (AvgIpc) is 2.64. The lowest BCUT2D eigenvalue weighted by Crippen LogP contribution is -2.27. The van der Waals surface area contributed by atoms with Crippen molar-refractivity contribution in [1.29, 1.82) is 0 Å². The number of carbonyl (C=O) groups excluding carboxylic acids is 2. The lowest BCUT2D eigenvalue weighted by Gasteiger charge is -2.25. The molecule has 1 amide bonds. The highest BCUT2D eigenvalue weighted by Crippen LogP contribution is 2.35. The number of benzene rings is 1. The van der Waals surface area contributed by atoms with E-state index in [2.05, 4.69) is 28.2 Å². The van der Waals surface area contributed by atoms with Crippen LogP contribution in [-0.2, 0) is 4.79 Å². The summed E-state index contributed by atoms with van der Waals surface area (Å²) in [5, 5.41) is 11.7. The molecule has 2 rings (SSSR count). The molecule has 1 aliphatic heterocycles. The molecule has 1 aromatic rings. The van der Waals surface area contributed by atoms with Crippen LogP contribution in [-0.4, -0.2) is 36.5 Å². The third-order valence-corrected chi connectivity index (χ3v) is 3.63. The van der Waals surface area contributed by atoms with Crippen LogP contribution in [0.15, 0.2) is 16.6 Å². The molecular formula is C13H15BrN2O3. The van der Waals surface area contributed by atoms with Gasteiger partial charge in [0, 0.05) is 17.6 Å². The maximum absolute atomic E-state index is 11.6. The van der Waals surface area contributed by atoms with Gasteiger partial charge in [-0.05, 0) is 34.5 Å². The monoisotopic (exact) mass is 326 g/mol. The van der Waals surface area contributed by atoms with Crippen LogP contribution in [0.5, 0.6) is 0 Å². The molecule has 0 radical (unpaired) electrons. The molecule has 19 heavy (non-hydrogen) atoms. The Bertz CT molecular complexity index is 525. The van der Waals surface area contributed by atoms with Crippen molar-refractivity contribution < 1.29 is 14.7 Å². The van der Waals surface area contributed by atoms with E-state index < -0.39 is 11.7 Å². The zero-order valence-corrected chi connectivity index (χ0v) is 12.2. The number of halogens is 1. The topological polar surface area (TPSA) is 69.6 Å². The number of ketones is 1. The summed E-state index contributed by atoms with van der Waals surface area (Å²) in [6.45, 7) is 3.40. The maximum atomic E-state index is 11.6. The predicted octanol–water partition coefficient (Wildman–Crippen LogP) is 1.79. The Balaban J connectivity index is 2.40. The highest BCUT2D eigenvalue weighted by Gasteiger charge is 2.29. The summed E-state index contributed by atoms with van der Waals surface area (Å²) in [6, 6.07) is 3.43. The number of aliphatic hydroxyl groups is 1. The van der Waals surface area contributed by atoms with Crippen molar-refractivity contribution in [3.63, 3.8) is 0 Å². The summed E-state index contributed by atoms with van der Waals surface area (Å²) in [7, 11) is 0. The van der Waals surface area contributed by atoms with E-state index in [0.29, 0.717) is 17.8 Å². The number of anilines is 2. The van der Waals surface area contributed by atoms with Gasteiger partial charge in [-0.2, -0.15) is 0 Å². The van der Waals surface area contributed by atoms with E-state index >= 15 is 0 Å². The fraction of sp³-hybridized carbons (Fsp3) is 0.385. The highest BCUT2D eigenvalue weighted by atomic mass is 79.9. The van der Waals surface area contributed by atoms with Gasteiger partial charge >= 0.3 is 0 Å². The van der Waals surface area contributed by atoms with E-state index in [1.165, 1.54) is 0 Å². The number of carbonyl (C=O) groups is 2. The van der Waals surface area contributed by atoms with Crippen LogP contribution in [0.4, 0.5) is 11.4 Å². The van der Waals surface area contributed by atoms with Gasteiger partial charge in [-0.15, -0.1) is 0 Å². The molecule has 0 atom stereocenters. The van der Waals surface area contributed by atoms with Crippen LogP contribution in [0.2, 0.25) is 0 Å². The second-order valence-electron chi connectivity index (χ2n) is 4.34. The molecule has 0 bridgehead atoms. The Hall–Kier alpha value is -1.40. The van der Waals surface area contributed by atoms with E-state index in [-0.39, 0.29) is 6.61 Å². The van der Waals surface area contributed by atoms with Crippen molar-refractivity contribution in [2.24, 2.45) is 0 Å². The molecule has 1 aromatic carbocycles. The molecular weight excluding hydrogens is 312 g/mol. The molecule has 0 aromatic heterocycles. The zero-order chi connectivity index (χ0) is 14.0. The van der Waals surface area contributed by atoms with Gasteiger partial charge in [0.2, 0.25) is 0 Å². The van der Waals surface area contributed by atoms with Gasteiger partial charge in [-0.3, -0.25) is 9.59 Å². The van der Waals surface area contributed by atoms with Crippen LogP contribution in [0, 0.1) is 0 Å². The first-order valence-corrected chi connectivity index (χ1v) is 6.92. The molecule has 5 nitrogen and oxygen atoms in total. The Morgan fingerprint density at radius 3 is 2.68 bits per heavy atom. The fourth-order valence-electron chi connectivity index (χ4n) is 2.14. The molecule has 1 aliphatic rings. The predicted molar refractivity (Wildman–Crippen MR) is 76.7 cm³/mol. The van der Waals surface area contributed by atoms with Crippen molar-refractivity contribution in [3.05, 3.63) is 22.2 Å². The minimum absolute atomic E-state index is 0.0504. The lowest BCUT2D eigenvalue weighted by molar-refractivity contribution is -0.112. The normalized spacial score (nSPS) is 13.4. The summed E-state index contributed by atoms with van der Waals surface area (Å²) < 4.78 is 0.748. The second-order valence-corrected chi connectivity index (χ2v) is 5.20. The molecule has 0 unspecified atom stereocenters. The number of fused-ring (bicyclic) bond motifs is 1. The molecule has 0 saturated carbocycles. The maximum Gasteiger partial charge on any atom is 0.296 e. The second kappa shape index (κ2) is 5.71. The summed E-state index contributed by atoms with van der Waals surface area (Å²) in [4.78, 5) is 25.0. The van der Waals surface area contributed by atoms with Crippen molar-refractivity contribution in [3.8, 4) is 0 Å². The van der Waals surface area contributed by atoms with Crippen LogP contribution in [0.25, 0.3) is 0 Å². The molecule has 0 spiro atoms. The number of hydrogen-bond donors (Lipinski definition) is 2. The first-order valence-electron chi connectivity index (χ1n) is 6.13. The minimum Gasteiger partial charge on any atom is -0.395 e. The van der Waals surface area contributed by atoms with Crippen LogP contribution < -0.4 is 10.2 Å². The number of rotatable bonds is 5. The van der Waals surface area contributed by atoms with E-state index in [0.717, 1.165) is 23.1 Å². The summed E-state index contributed by atoms with van der Waals surface area (Å²) in [6.07, 6.45) is 0.939. The Morgan fingerprint density at radius 1 is 1.32 bits per heavy atom.